The SMILES string of the molecule is Cc1cc(NC(=O)N(C)CCO)ccc1C(=O)O. The van der Waals surface area contributed by atoms with E-state index in [1.165, 1.54) is 17.0 Å². The fraction of sp³-hybridized carbons (Fsp3) is 0.333. The van der Waals surface area contributed by atoms with Gasteiger partial charge in [0.2, 0.25) is 0 Å². The van der Waals surface area contributed by atoms with E-state index in [0.29, 0.717) is 11.3 Å². The number of carbonyl (C=O) groups is 2. The average Bonchev–Trinajstić information content (AvgIpc) is 2.28. The van der Waals surface area contributed by atoms with Gasteiger partial charge in [0.05, 0.1) is 12.2 Å². The van der Waals surface area contributed by atoms with Crippen molar-refractivity contribution in [2.24, 2.45) is 0 Å². The van der Waals surface area contributed by atoms with E-state index in [2.05, 4.69) is 5.32 Å². The van der Waals surface area contributed by atoms with E-state index in [-0.39, 0.29) is 24.7 Å². The maximum Gasteiger partial charge on any atom is 0.335 e. The van der Waals surface area contributed by atoms with E-state index in [1.807, 2.05) is 0 Å². The van der Waals surface area contributed by atoms with Crippen LogP contribution in [0.4, 0.5) is 10.5 Å². The lowest BCUT2D eigenvalue weighted by Gasteiger charge is -2.17. The predicted molar refractivity (Wildman–Crippen MR) is 66.9 cm³/mol. The number of hydrogen-bond donors (Lipinski definition) is 3. The number of aliphatic hydroxyl groups is 1. The van der Waals surface area contributed by atoms with E-state index >= 15 is 0 Å². The largest absolute Gasteiger partial charge is 0.478 e. The van der Waals surface area contributed by atoms with Gasteiger partial charge in [-0.15, -0.1) is 0 Å². The van der Waals surface area contributed by atoms with Crippen LogP contribution in [0, 0.1) is 6.92 Å². The van der Waals surface area contributed by atoms with E-state index in [4.69, 9.17) is 10.2 Å². The molecule has 18 heavy (non-hydrogen) atoms. The third kappa shape index (κ3) is 3.46. The second-order valence-corrected chi connectivity index (χ2v) is 3.91. The quantitative estimate of drug-likeness (QED) is 0.749. The minimum atomic E-state index is -0.997. The van der Waals surface area contributed by atoms with Crippen LogP contribution in [-0.4, -0.2) is 47.3 Å². The molecule has 0 fully saturated rings. The van der Waals surface area contributed by atoms with Crippen LogP contribution in [0.1, 0.15) is 15.9 Å². The van der Waals surface area contributed by atoms with E-state index < -0.39 is 5.97 Å². The fourth-order valence-corrected chi connectivity index (χ4v) is 1.45. The summed E-state index contributed by atoms with van der Waals surface area (Å²) in [6, 6.07) is 4.21. The van der Waals surface area contributed by atoms with Gasteiger partial charge in [0, 0.05) is 19.3 Å². The normalized spacial score (nSPS) is 9.94. The highest BCUT2D eigenvalue weighted by atomic mass is 16.4. The number of nitrogens with zero attached hydrogens (tertiary/aromatic N) is 1. The molecule has 1 aromatic carbocycles. The first-order chi connectivity index (χ1) is 8.45. The number of aryl methyl sites for hydroxylation is 1. The Morgan fingerprint density at radius 1 is 1.39 bits per heavy atom. The number of benzene rings is 1. The van der Waals surface area contributed by atoms with Gasteiger partial charge in [-0.25, -0.2) is 9.59 Å². The number of urea groups is 1. The van der Waals surface area contributed by atoms with Gasteiger partial charge < -0.3 is 20.4 Å². The Morgan fingerprint density at radius 2 is 2.06 bits per heavy atom. The fourth-order valence-electron chi connectivity index (χ4n) is 1.45. The molecule has 0 aromatic heterocycles. The number of aliphatic hydroxyl groups excluding tert-OH is 1. The molecule has 0 heterocycles. The predicted octanol–water partition coefficient (Wildman–Crippen LogP) is 1.15. The van der Waals surface area contributed by atoms with Crippen LogP contribution in [0.2, 0.25) is 0 Å². The Hall–Kier alpha value is -2.08. The molecule has 0 bridgehead atoms. The van der Waals surface area contributed by atoms with Gasteiger partial charge >= 0.3 is 12.0 Å². The number of aromatic carboxylic acids is 1. The molecule has 6 heteroatoms. The maximum absolute atomic E-state index is 11.6. The molecule has 0 aliphatic carbocycles. The Morgan fingerprint density at radius 3 is 2.56 bits per heavy atom. The summed E-state index contributed by atoms with van der Waals surface area (Å²) < 4.78 is 0. The van der Waals surface area contributed by atoms with Crippen LogP contribution < -0.4 is 5.32 Å². The molecule has 2 amide bonds. The molecule has 98 valence electrons. The lowest BCUT2D eigenvalue weighted by Crippen LogP contribution is -2.33. The van der Waals surface area contributed by atoms with Gasteiger partial charge in [0.15, 0.2) is 0 Å². The van der Waals surface area contributed by atoms with E-state index in [1.54, 1.807) is 20.0 Å². The van der Waals surface area contributed by atoms with Crippen molar-refractivity contribution in [2.45, 2.75) is 6.92 Å². The molecule has 0 spiro atoms. The van der Waals surface area contributed by atoms with E-state index in [9.17, 15) is 9.59 Å². The first kappa shape index (κ1) is 14.0. The van der Waals surface area contributed by atoms with Crippen molar-refractivity contribution in [3.8, 4) is 0 Å². The smallest absolute Gasteiger partial charge is 0.335 e. The summed E-state index contributed by atoms with van der Waals surface area (Å²) >= 11 is 0. The summed E-state index contributed by atoms with van der Waals surface area (Å²) in [4.78, 5) is 23.8. The number of carboxylic acid groups (broad SMARTS) is 1. The van der Waals surface area contributed by atoms with Crippen molar-refractivity contribution in [3.63, 3.8) is 0 Å². The average molecular weight is 252 g/mol. The molecule has 0 saturated heterocycles. The zero-order valence-corrected chi connectivity index (χ0v) is 10.3. The first-order valence-corrected chi connectivity index (χ1v) is 5.42. The van der Waals surface area contributed by atoms with Crippen molar-refractivity contribution < 1.29 is 19.8 Å². The third-order valence-corrected chi connectivity index (χ3v) is 2.49. The molecule has 3 N–H and O–H groups in total. The number of likely N-dealkylation sites (N-methyl/N-ethyl adjacent to an activating group) is 1. The molecule has 0 saturated carbocycles. The third-order valence-electron chi connectivity index (χ3n) is 2.49. The molecule has 0 unspecified atom stereocenters. The molecule has 0 aliphatic heterocycles. The van der Waals surface area contributed by atoms with Gasteiger partial charge in [-0.2, -0.15) is 0 Å². The minimum absolute atomic E-state index is 0.110. The highest BCUT2D eigenvalue weighted by Crippen LogP contribution is 2.15. The number of carboxylic acids is 1. The number of nitrogens with one attached hydrogen (secondary N) is 1. The van der Waals surface area contributed by atoms with Crippen molar-refractivity contribution in [1.82, 2.24) is 4.90 Å². The van der Waals surface area contributed by atoms with Gasteiger partial charge in [-0.05, 0) is 30.7 Å². The molecular weight excluding hydrogens is 236 g/mol. The van der Waals surface area contributed by atoms with Gasteiger partial charge in [0.1, 0.15) is 0 Å². The highest BCUT2D eigenvalue weighted by Gasteiger charge is 2.10. The van der Waals surface area contributed by atoms with Crippen molar-refractivity contribution in [2.75, 3.05) is 25.5 Å². The van der Waals surface area contributed by atoms with Crippen LogP contribution in [-0.2, 0) is 0 Å². The van der Waals surface area contributed by atoms with Gasteiger partial charge in [0.25, 0.3) is 0 Å². The Bertz CT molecular complexity index is 459. The topological polar surface area (TPSA) is 89.9 Å². The van der Waals surface area contributed by atoms with Gasteiger partial charge in [-0.3, -0.25) is 0 Å². The zero-order chi connectivity index (χ0) is 13.7. The first-order valence-electron chi connectivity index (χ1n) is 5.42. The maximum atomic E-state index is 11.6. The van der Waals surface area contributed by atoms with Crippen LogP contribution in [0.25, 0.3) is 0 Å². The van der Waals surface area contributed by atoms with Crippen molar-refractivity contribution >= 4 is 17.7 Å². The number of anilines is 1. The molecule has 1 aromatic rings. The number of rotatable bonds is 4. The zero-order valence-electron chi connectivity index (χ0n) is 10.3. The Balaban J connectivity index is 2.77. The van der Waals surface area contributed by atoms with Crippen LogP contribution in [0.15, 0.2) is 18.2 Å². The number of hydrogen-bond acceptors (Lipinski definition) is 3. The van der Waals surface area contributed by atoms with E-state index in [0.717, 1.165) is 0 Å². The van der Waals surface area contributed by atoms with Crippen LogP contribution >= 0.6 is 0 Å². The van der Waals surface area contributed by atoms with Crippen LogP contribution in [0.3, 0.4) is 0 Å². The standard InChI is InChI=1S/C12H16N2O4/c1-8-7-9(3-4-10(8)11(16)17)13-12(18)14(2)5-6-15/h3-4,7,15H,5-6H2,1-2H3,(H,13,18)(H,16,17). The summed E-state index contributed by atoms with van der Waals surface area (Å²) in [5.41, 5.74) is 1.30. The Labute approximate surface area is 105 Å². The minimum Gasteiger partial charge on any atom is -0.478 e. The van der Waals surface area contributed by atoms with Gasteiger partial charge in [-0.1, -0.05) is 0 Å². The molecule has 1 rings (SSSR count). The summed E-state index contributed by atoms with van der Waals surface area (Å²) in [5, 5.41) is 20.2. The second-order valence-electron chi connectivity index (χ2n) is 3.91. The summed E-state index contributed by atoms with van der Waals surface area (Å²) in [6.07, 6.45) is 0. The lowest BCUT2D eigenvalue weighted by atomic mass is 10.1. The highest BCUT2D eigenvalue weighted by molar-refractivity contribution is 5.92. The Kier molecular flexibility index (Phi) is 4.67. The summed E-state index contributed by atoms with van der Waals surface area (Å²) in [5.74, 6) is -0.997. The van der Waals surface area contributed by atoms with Crippen molar-refractivity contribution in [1.29, 1.82) is 0 Å². The lowest BCUT2D eigenvalue weighted by molar-refractivity contribution is 0.0696. The molecule has 0 atom stereocenters. The van der Waals surface area contributed by atoms with Crippen molar-refractivity contribution in [3.05, 3.63) is 29.3 Å². The molecule has 0 radical (unpaired) electrons. The summed E-state index contributed by atoms with van der Waals surface area (Å²) in [7, 11) is 1.56. The van der Waals surface area contributed by atoms with Crippen LogP contribution in [0.5, 0.6) is 0 Å². The second kappa shape index (κ2) is 6.02. The molecule has 0 aliphatic rings. The molecule has 6 nitrogen and oxygen atoms in total. The summed E-state index contributed by atoms with van der Waals surface area (Å²) in [6.45, 7) is 1.79. The monoisotopic (exact) mass is 252 g/mol. The number of carbonyl (C=O) groups excluding carboxylic acids is 1. The molecular formula is C12H16N2O4. The number of amides is 2.